The predicted octanol–water partition coefficient (Wildman–Crippen LogP) is 3.28. The fourth-order valence-corrected chi connectivity index (χ4v) is 3.08. The molecule has 1 aromatic carbocycles. The molecule has 1 amide bonds. The monoisotopic (exact) mass is 279 g/mol. The van der Waals surface area contributed by atoms with Gasteiger partial charge in [-0.2, -0.15) is 0 Å². The van der Waals surface area contributed by atoms with Crippen molar-refractivity contribution in [1.82, 2.24) is 4.90 Å². The van der Waals surface area contributed by atoms with Crippen LogP contribution < -0.4 is 0 Å². The lowest BCUT2D eigenvalue weighted by Crippen LogP contribution is -2.35. The number of amides is 1. The molecular formula is C15H21NO2S. The zero-order valence-electron chi connectivity index (χ0n) is 11.2. The van der Waals surface area contributed by atoms with E-state index in [0.717, 1.165) is 30.8 Å². The van der Waals surface area contributed by atoms with Crippen LogP contribution in [-0.4, -0.2) is 34.8 Å². The molecule has 4 heteroatoms. The predicted molar refractivity (Wildman–Crippen MR) is 78.5 cm³/mol. The molecule has 0 atom stereocenters. The van der Waals surface area contributed by atoms with Gasteiger partial charge in [0.2, 0.25) is 5.91 Å². The lowest BCUT2D eigenvalue weighted by atomic mass is 10.1. The quantitative estimate of drug-likeness (QED) is 0.863. The van der Waals surface area contributed by atoms with Gasteiger partial charge < -0.3 is 10.0 Å². The Hall–Kier alpha value is -1.16. The molecular weight excluding hydrogens is 258 g/mol. The molecule has 0 bridgehead atoms. The zero-order chi connectivity index (χ0) is 13.5. The lowest BCUT2D eigenvalue weighted by Gasteiger charge is -2.24. The van der Waals surface area contributed by atoms with Crippen LogP contribution in [0, 0.1) is 0 Å². The smallest absolute Gasteiger partial charge is 0.232 e. The minimum Gasteiger partial charge on any atom is -0.508 e. The highest BCUT2D eigenvalue weighted by Crippen LogP contribution is 2.21. The zero-order valence-corrected chi connectivity index (χ0v) is 12.0. The summed E-state index contributed by atoms with van der Waals surface area (Å²) in [4.78, 5) is 15.2. The maximum Gasteiger partial charge on any atom is 0.232 e. The Kier molecular flexibility index (Phi) is 5.58. The van der Waals surface area contributed by atoms with Gasteiger partial charge in [0, 0.05) is 18.0 Å². The minimum absolute atomic E-state index is 0.236. The normalized spacial score (nSPS) is 16.7. The van der Waals surface area contributed by atoms with Crippen molar-refractivity contribution in [1.29, 1.82) is 0 Å². The van der Waals surface area contributed by atoms with Gasteiger partial charge in [-0.25, -0.2) is 0 Å². The van der Waals surface area contributed by atoms with E-state index < -0.39 is 0 Å². The molecule has 0 saturated carbocycles. The van der Waals surface area contributed by atoms with Gasteiger partial charge in [-0.05, 0) is 37.1 Å². The Balaban J connectivity index is 1.80. The van der Waals surface area contributed by atoms with Crippen molar-refractivity contribution in [2.45, 2.75) is 37.0 Å². The number of rotatable bonds is 3. The fraction of sp³-hybridized carbons (Fsp3) is 0.533. The molecule has 0 radical (unpaired) electrons. The molecule has 1 N–H and O–H groups in total. The third-order valence-electron chi connectivity index (χ3n) is 3.41. The molecule has 1 aromatic rings. The Morgan fingerprint density at radius 3 is 2.26 bits per heavy atom. The Bertz CT molecular complexity index is 397. The molecule has 0 aliphatic carbocycles. The van der Waals surface area contributed by atoms with Crippen molar-refractivity contribution in [2.75, 3.05) is 18.8 Å². The standard InChI is InChI=1S/C15H21NO2S/c17-13-6-8-14(9-7-13)19-12-15(18)16-10-4-2-1-3-5-11-16/h6-9,17H,1-5,10-12H2. The molecule has 0 unspecified atom stereocenters. The number of phenolic OH excluding ortho intramolecular Hbond substituents is 1. The first-order valence-corrected chi connectivity index (χ1v) is 7.94. The van der Waals surface area contributed by atoms with E-state index in [-0.39, 0.29) is 11.7 Å². The molecule has 19 heavy (non-hydrogen) atoms. The van der Waals surface area contributed by atoms with E-state index in [1.165, 1.54) is 19.3 Å². The number of nitrogens with zero attached hydrogens (tertiary/aromatic N) is 1. The van der Waals surface area contributed by atoms with Crippen LogP contribution in [-0.2, 0) is 4.79 Å². The summed E-state index contributed by atoms with van der Waals surface area (Å²) < 4.78 is 0. The number of likely N-dealkylation sites (tertiary alicyclic amines) is 1. The number of aromatic hydroxyl groups is 1. The summed E-state index contributed by atoms with van der Waals surface area (Å²) in [6, 6.07) is 7.01. The lowest BCUT2D eigenvalue weighted by molar-refractivity contribution is -0.128. The molecule has 1 aliphatic rings. The van der Waals surface area contributed by atoms with Crippen molar-refractivity contribution in [3.8, 4) is 5.75 Å². The van der Waals surface area contributed by atoms with Gasteiger partial charge in [0.15, 0.2) is 0 Å². The summed E-state index contributed by atoms with van der Waals surface area (Å²) in [5, 5.41) is 9.21. The van der Waals surface area contributed by atoms with Crippen LogP contribution in [0.15, 0.2) is 29.2 Å². The molecule has 1 fully saturated rings. The van der Waals surface area contributed by atoms with Crippen molar-refractivity contribution in [2.24, 2.45) is 0 Å². The van der Waals surface area contributed by atoms with Crippen molar-refractivity contribution >= 4 is 17.7 Å². The highest BCUT2D eigenvalue weighted by atomic mass is 32.2. The van der Waals surface area contributed by atoms with Gasteiger partial charge in [0.1, 0.15) is 5.75 Å². The minimum atomic E-state index is 0.236. The number of carbonyl (C=O) groups excluding carboxylic acids is 1. The average molecular weight is 279 g/mol. The van der Waals surface area contributed by atoms with Crippen molar-refractivity contribution in [3.05, 3.63) is 24.3 Å². The third kappa shape index (κ3) is 4.78. The van der Waals surface area contributed by atoms with E-state index in [1.54, 1.807) is 23.9 Å². The first-order valence-electron chi connectivity index (χ1n) is 6.95. The maximum atomic E-state index is 12.2. The van der Waals surface area contributed by atoms with Gasteiger partial charge >= 0.3 is 0 Å². The number of phenols is 1. The first-order chi connectivity index (χ1) is 9.25. The molecule has 1 heterocycles. The number of thioether (sulfide) groups is 1. The van der Waals surface area contributed by atoms with Gasteiger partial charge in [-0.15, -0.1) is 11.8 Å². The SMILES string of the molecule is O=C(CSc1ccc(O)cc1)N1CCCCCCC1. The van der Waals surface area contributed by atoms with Gasteiger partial charge in [-0.1, -0.05) is 19.3 Å². The summed E-state index contributed by atoms with van der Waals surface area (Å²) in [5.41, 5.74) is 0. The maximum absolute atomic E-state index is 12.2. The first kappa shape index (κ1) is 14.3. The van der Waals surface area contributed by atoms with Crippen LogP contribution in [0.2, 0.25) is 0 Å². The largest absolute Gasteiger partial charge is 0.508 e. The Morgan fingerprint density at radius 2 is 1.63 bits per heavy atom. The molecule has 3 nitrogen and oxygen atoms in total. The second kappa shape index (κ2) is 7.43. The Morgan fingerprint density at radius 1 is 1.05 bits per heavy atom. The molecule has 0 aromatic heterocycles. The summed E-state index contributed by atoms with van der Waals surface area (Å²) in [5.74, 6) is 0.990. The second-order valence-electron chi connectivity index (χ2n) is 4.93. The highest BCUT2D eigenvalue weighted by Gasteiger charge is 2.14. The van der Waals surface area contributed by atoms with Crippen LogP contribution >= 0.6 is 11.8 Å². The number of benzene rings is 1. The van der Waals surface area contributed by atoms with Gasteiger partial charge in [0.25, 0.3) is 0 Å². The van der Waals surface area contributed by atoms with E-state index in [2.05, 4.69) is 0 Å². The van der Waals surface area contributed by atoms with Crippen molar-refractivity contribution < 1.29 is 9.90 Å². The summed E-state index contributed by atoms with van der Waals surface area (Å²) in [6.07, 6.45) is 6.07. The van der Waals surface area contributed by atoms with Gasteiger partial charge in [0.05, 0.1) is 5.75 Å². The molecule has 1 saturated heterocycles. The number of hydrogen-bond acceptors (Lipinski definition) is 3. The van der Waals surface area contributed by atoms with E-state index in [4.69, 9.17) is 0 Å². The molecule has 104 valence electrons. The Labute approximate surface area is 119 Å². The summed E-state index contributed by atoms with van der Waals surface area (Å²) in [6.45, 7) is 1.82. The van der Waals surface area contributed by atoms with Gasteiger partial charge in [-0.3, -0.25) is 4.79 Å². The summed E-state index contributed by atoms with van der Waals surface area (Å²) in [7, 11) is 0. The van der Waals surface area contributed by atoms with Crippen LogP contribution in [0.25, 0.3) is 0 Å². The average Bonchev–Trinajstić information content (AvgIpc) is 2.37. The van der Waals surface area contributed by atoms with Crippen LogP contribution in [0.4, 0.5) is 0 Å². The topological polar surface area (TPSA) is 40.5 Å². The van der Waals surface area contributed by atoms with Crippen molar-refractivity contribution in [3.63, 3.8) is 0 Å². The molecule has 0 spiro atoms. The fourth-order valence-electron chi connectivity index (χ4n) is 2.28. The number of hydrogen-bond donors (Lipinski definition) is 1. The second-order valence-corrected chi connectivity index (χ2v) is 5.98. The van der Waals surface area contributed by atoms with Crippen LogP contribution in [0.3, 0.4) is 0 Å². The van der Waals surface area contributed by atoms with E-state index in [0.29, 0.717) is 5.75 Å². The third-order valence-corrected chi connectivity index (χ3v) is 4.40. The van der Waals surface area contributed by atoms with E-state index in [1.807, 2.05) is 17.0 Å². The molecule has 1 aliphatic heterocycles. The highest BCUT2D eigenvalue weighted by molar-refractivity contribution is 8.00. The molecule has 2 rings (SSSR count). The number of carbonyl (C=O) groups is 1. The summed E-state index contributed by atoms with van der Waals surface area (Å²) >= 11 is 1.54. The van der Waals surface area contributed by atoms with E-state index >= 15 is 0 Å². The van der Waals surface area contributed by atoms with E-state index in [9.17, 15) is 9.90 Å². The van der Waals surface area contributed by atoms with Crippen LogP contribution in [0.1, 0.15) is 32.1 Å². The van der Waals surface area contributed by atoms with Crippen LogP contribution in [0.5, 0.6) is 5.75 Å².